The number of amides is 4. The van der Waals surface area contributed by atoms with Gasteiger partial charge in [-0.1, -0.05) is 101 Å². The van der Waals surface area contributed by atoms with Gasteiger partial charge in [0.15, 0.2) is 35.3 Å². The monoisotopic (exact) mass is 1570 g/mol. The second-order valence-corrected chi connectivity index (χ2v) is 34.1. The van der Waals surface area contributed by atoms with Gasteiger partial charge in [-0.2, -0.15) is 0 Å². The number of ketones is 4. The molecule has 616 valence electrons. The third-order valence-electron chi connectivity index (χ3n) is 23.6. The van der Waals surface area contributed by atoms with E-state index in [0.29, 0.717) is 41.1 Å². The van der Waals surface area contributed by atoms with Gasteiger partial charge in [0.25, 0.3) is 11.3 Å². The number of carbonyl (C=O) groups excluding carboxylic acids is 10. The number of nitrogens with one attached hydrogen (secondary N) is 4. The van der Waals surface area contributed by atoms with Gasteiger partial charge in [0.2, 0.25) is 11.8 Å². The van der Waals surface area contributed by atoms with E-state index in [1.54, 1.807) is 110 Å². The Morgan fingerprint density at radius 1 is 0.536 bits per heavy atom. The Morgan fingerprint density at radius 2 is 0.938 bits per heavy atom. The summed E-state index contributed by atoms with van der Waals surface area (Å²) in [6, 6.07) is 14.1. The van der Waals surface area contributed by atoms with E-state index in [1.165, 1.54) is 34.0 Å². The lowest BCUT2D eigenvalue weighted by atomic mass is 9.69. The minimum absolute atomic E-state index is 0.00807. The number of aliphatic hydroxyl groups excluding tert-OH is 2. The Balaban J connectivity index is 0.000000257. The Morgan fingerprint density at radius 3 is 1.35 bits per heavy atom. The molecule has 3 aromatic heterocycles. The van der Waals surface area contributed by atoms with Crippen LogP contribution in [0.5, 0.6) is 0 Å². The molecule has 0 bridgehead atoms. The van der Waals surface area contributed by atoms with Crippen LogP contribution in [0, 0.1) is 58.2 Å². The summed E-state index contributed by atoms with van der Waals surface area (Å²) in [4.78, 5) is 141. The first-order valence-electron chi connectivity index (χ1n) is 38.9. The molecule has 6 N–H and O–H groups in total. The number of hydrogen-bond donors (Lipinski definition) is 6. The molecule has 0 saturated carbocycles. The van der Waals surface area contributed by atoms with Crippen LogP contribution in [0.15, 0.2) is 88.4 Å². The average molecular weight is 1570 g/mol. The Bertz CT molecular complexity index is 3780. The summed E-state index contributed by atoms with van der Waals surface area (Å²) < 4.78 is 92.4. The van der Waals surface area contributed by atoms with E-state index in [4.69, 9.17) is 46.7 Å². The number of aliphatic hydroxyl groups is 2. The SMILES string of the molecule is CC1CC(C)C(O)C(O[C@@H]2[C@@H](C)C(=O)[C@](C)(F)C(=O)O[C@H](CCNC(=O)Cc3cccc(-c4ccco4)c3)[C@@]3(C)OC(=O)N[C@@H]3[C@@H](C)C(=O)[C@H](C)CC2(C)C)O1.CC1CC(C)C(O)C(O[C@@H]2[C@@H](C)C(=O)[C@](C)(F)C(=O)O[C@H](CCNC(=O)Cc3cncc(-c4ccco4)c3)[C@@]3(C)OC(=O)N[C@@H]3[C@@H](C)C(=O)[C@H](C)CC2(C)C)O1. The molecule has 6 fully saturated rings. The number of aromatic nitrogens is 1. The highest BCUT2D eigenvalue weighted by molar-refractivity contribution is 6.08. The number of alkyl halides is 2. The lowest BCUT2D eigenvalue weighted by Crippen LogP contribution is -2.59. The van der Waals surface area contributed by atoms with E-state index in [0.717, 1.165) is 19.4 Å². The Hall–Kier alpha value is -8.35. The second kappa shape index (κ2) is 35.2. The van der Waals surface area contributed by atoms with Crippen molar-refractivity contribution in [3.05, 3.63) is 90.6 Å². The molecule has 29 heteroatoms. The van der Waals surface area contributed by atoms with E-state index in [-0.39, 0.29) is 93.1 Å². The smallest absolute Gasteiger partial charge is 0.408 e. The summed E-state index contributed by atoms with van der Waals surface area (Å²) in [6.45, 7) is 28.5. The standard InChI is InChI=1S/C42H57FN2O11.C41H56FN3O11/c1-22-18-24(3)53-37(33(22)48)55-36-26(5)35(49)41(8,43)38(50)54-30(15-16-44-31(46)20-27-12-10-13-28(19-27)29-14-11-17-52-29)42(9)34(45-39(51)56-42)25(4)32(47)23(2)21-40(36,6)7;1-21-15-23(3)53-36(32(21)48)55-35-25(5)34(49)40(8,42)37(50)54-29(12-13-44-30(46)17-26-16-27(20-43-19-26)28-11-10-14-52-28)41(9)33(45-38(51)56-41)24(4)31(47)22(2)18-39(35,6)7/h10-14,17,19,22-26,30,33-34,36-37,48H,15-16,18,20-21H2,1-9H3,(H,44,46)(H,45,51);10-11,14,16,19-25,29,32-33,35-36,48H,12-13,15,17-18H2,1-9H3,(H,44,46)(H,45,51)/t22?,23-,24?,25+,26+,30-,33?,34-,36-,37?,41+,42-;21?,22-,23?,24+,25+,29-,32?,33-,35-,36?,40+,41-/m11/s1. The number of halogens is 2. The van der Waals surface area contributed by atoms with Crippen LogP contribution < -0.4 is 21.3 Å². The van der Waals surface area contributed by atoms with Crippen molar-refractivity contribution in [2.45, 2.75) is 272 Å². The molecule has 6 saturated heterocycles. The fraction of sp³-hybridized carbons (Fsp3) is 0.651. The Labute approximate surface area is 652 Å². The van der Waals surface area contributed by atoms with Gasteiger partial charge in [-0.15, -0.1) is 0 Å². The topological polar surface area (TPSA) is 372 Å². The summed E-state index contributed by atoms with van der Waals surface area (Å²) in [6.07, 6.45) is -4.43. The highest BCUT2D eigenvalue weighted by Gasteiger charge is 2.62. The molecule has 10 rings (SSSR count). The van der Waals surface area contributed by atoms with E-state index in [9.17, 15) is 58.2 Å². The zero-order chi connectivity index (χ0) is 82.7. The number of benzene rings is 1. The van der Waals surface area contributed by atoms with Crippen molar-refractivity contribution in [2.75, 3.05) is 13.1 Å². The van der Waals surface area contributed by atoms with Gasteiger partial charge < -0.3 is 78.2 Å². The van der Waals surface area contributed by atoms with Gasteiger partial charge in [-0.25, -0.2) is 28.0 Å². The van der Waals surface area contributed by atoms with Gasteiger partial charge in [0, 0.05) is 85.0 Å². The van der Waals surface area contributed by atoms with Crippen molar-refractivity contribution in [3.8, 4) is 22.6 Å². The summed E-state index contributed by atoms with van der Waals surface area (Å²) in [5, 5.41) is 33.0. The van der Waals surface area contributed by atoms with Crippen LogP contribution in [0.25, 0.3) is 22.6 Å². The summed E-state index contributed by atoms with van der Waals surface area (Å²) in [5.74, 6) is -11.4. The number of hydrogen-bond acceptors (Lipinski definition) is 23. The van der Waals surface area contributed by atoms with Crippen LogP contribution in [0.1, 0.15) is 174 Å². The molecule has 24 atom stereocenters. The number of Topliss-reactive ketones (excluding diaryl/α,β-unsaturated/α-hetero) is 4. The highest BCUT2D eigenvalue weighted by atomic mass is 19.1. The molecule has 112 heavy (non-hydrogen) atoms. The van der Waals surface area contributed by atoms with Crippen LogP contribution in [-0.2, 0) is 89.1 Å². The van der Waals surface area contributed by atoms with Gasteiger partial charge in [-0.05, 0) is 137 Å². The van der Waals surface area contributed by atoms with Crippen molar-refractivity contribution in [1.29, 1.82) is 0 Å². The molecule has 0 aliphatic carbocycles. The maximum atomic E-state index is 16.8. The molecule has 6 aliphatic heterocycles. The van der Waals surface area contributed by atoms with E-state index in [1.807, 2.05) is 45.9 Å². The zero-order valence-corrected chi connectivity index (χ0v) is 67.4. The lowest BCUT2D eigenvalue weighted by Gasteiger charge is -2.45. The van der Waals surface area contributed by atoms with Crippen LogP contribution in [0.2, 0.25) is 0 Å². The fourth-order valence-electron chi connectivity index (χ4n) is 17.6. The zero-order valence-electron chi connectivity index (χ0n) is 67.4. The molecular weight excluding hydrogens is 1460 g/mol. The minimum Gasteiger partial charge on any atom is -0.464 e. The third-order valence-corrected chi connectivity index (χ3v) is 23.6. The molecule has 8 unspecified atom stereocenters. The second-order valence-electron chi connectivity index (χ2n) is 34.1. The van der Waals surface area contributed by atoms with E-state index in [2.05, 4.69) is 26.3 Å². The summed E-state index contributed by atoms with van der Waals surface area (Å²) in [7, 11) is 0. The molecule has 4 aromatic rings. The Kier molecular flexibility index (Phi) is 27.5. The number of rotatable bonds is 16. The van der Waals surface area contributed by atoms with Gasteiger partial charge in [-0.3, -0.25) is 33.8 Å². The van der Waals surface area contributed by atoms with Crippen molar-refractivity contribution in [2.24, 2.45) is 58.2 Å². The van der Waals surface area contributed by atoms with E-state index >= 15 is 8.78 Å². The molecule has 1 aromatic carbocycles. The van der Waals surface area contributed by atoms with Gasteiger partial charge in [0.05, 0.1) is 61.9 Å². The first-order chi connectivity index (χ1) is 52.3. The molecule has 9 heterocycles. The van der Waals surface area contributed by atoms with Crippen molar-refractivity contribution < 1.29 is 114 Å². The molecule has 27 nitrogen and oxygen atoms in total. The lowest BCUT2D eigenvalue weighted by molar-refractivity contribution is -0.284. The molecule has 0 spiro atoms. The fourth-order valence-corrected chi connectivity index (χ4v) is 17.6. The molecular formula is C83H113F2N5O22. The van der Waals surface area contributed by atoms with Crippen LogP contribution in [-0.4, -0.2) is 183 Å². The van der Waals surface area contributed by atoms with Crippen LogP contribution in [0.3, 0.4) is 0 Å². The maximum absolute atomic E-state index is 16.8. The number of furan rings is 2. The number of esters is 2. The number of alkyl carbamates (subject to hydrolysis) is 2. The number of fused-ring (bicyclic) bond motifs is 2. The predicted molar refractivity (Wildman–Crippen MR) is 401 cm³/mol. The predicted octanol–water partition coefficient (Wildman–Crippen LogP) is 10.4. The number of pyridine rings is 1. The van der Waals surface area contributed by atoms with Crippen LogP contribution >= 0.6 is 0 Å². The number of nitrogens with zero attached hydrogens (tertiary/aromatic N) is 1. The summed E-state index contributed by atoms with van der Waals surface area (Å²) in [5.41, 5.74) is -9.05. The average Bonchev–Trinajstić information content (AvgIpc) is 1.61. The van der Waals surface area contributed by atoms with Crippen molar-refractivity contribution in [1.82, 2.24) is 26.3 Å². The van der Waals surface area contributed by atoms with E-state index < -0.39 is 172 Å². The summed E-state index contributed by atoms with van der Waals surface area (Å²) >= 11 is 0. The maximum Gasteiger partial charge on any atom is 0.408 e. The number of ether oxygens (including phenoxy) is 8. The number of cyclic esters (lactones) is 2. The normalized spacial score (nSPS) is 36.8. The van der Waals surface area contributed by atoms with Crippen LogP contribution in [0.4, 0.5) is 18.4 Å². The molecule has 4 amide bonds. The third kappa shape index (κ3) is 19.5. The first-order valence-corrected chi connectivity index (χ1v) is 38.9. The molecule has 0 radical (unpaired) electrons. The minimum atomic E-state index is -3.21. The number of carbonyl (C=O) groups is 10. The van der Waals surface area contributed by atoms with Gasteiger partial charge in [0.1, 0.15) is 47.5 Å². The van der Waals surface area contributed by atoms with Crippen molar-refractivity contribution in [3.63, 3.8) is 0 Å². The largest absolute Gasteiger partial charge is 0.464 e. The highest BCUT2D eigenvalue weighted by Crippen LogP contribution is 2.46. The van der Waals surface area contributed by atoms with Crippen molar-refractivity contribution >= 4 is 59.1 Å². The first kappa shape index (κ1) is 87.6. The van der Waals surface area contributed by atoms with Gasteiger partial charge >= 0.3 is 24.1 Å². The molecule has 6 aliphatic rings. The quantitative estimate of drug-likeness (QED) is 0.0345.